The van der Waals surface area contributed by atoms with Crippen molar-refractivity contribution in [3.05, 3.63) is 84.1 Å². The smallest absolute Gasteiger partial charge is 0.224 e. The normalized spacial score (nSPS) is 13.7. The number of hydrogen-bond donors (Lipinski definition) is 1. The third-order valence-electron chi connectivity index (χ3n) is 5.71. The van der Waals surface area contributed by atoms with Crippen LogP contribution >= 0.6 is 0 Å². The zero-order valence-corrected chi connectivity index (χ0v) is 18.3. The highest BCUT2D eigenvalue weighted by atomic mass is 16.2. The molecule has 32 heavy (non-hydrogen) atoms. The number of amides is 1. The van der Waals surface area contributed by atoms with Crippen LogP contribution in [0.3, 0.4) is 0 Å². The monoisotopic (exact) mass is 428 g/mol. The van der Waals surface area contributed by atoms with E-state index in [-0.39, 0.29) is 24.5 Å². The minimum atomic E-state index is -0.184. The number of piperazine rings is 1. The first-order chi connectivity index (χ1) is 15.6. The first-order valence-electron chi connectivity index (χ1n) is 11.0. The third-order valence-corrected chi connectivity index (χ3v) is 5.71. The molecule has 3 aromatic rings. The zero-order valence-electron chi connectivity index (χ0n) is 18.3. The Hall–Kier alpha value is -3.67. The fourth-order valence-electron chi connectivity index (χ4n) is 3.81. The molecule has 0 spiro atoms. The van der Waals surface area contributed by atoms with Gasteiger partial charge in [-0.15, -0.1) is 0 Å². The van der Waals surface area contributed by atoms with Crippen LogP contribution in [0.2, 0.25) is 0 Å². The maximum Gasteiger partial charge on any atom is 0.224 e. The highest BCUT2D eigenvalue weighted by Gasteiger charge is 2.18. The highest BCUT2D eigenvalue weighted by molar-refractivity contribution is 6.00. The van der Waals surface area contributed by atoms with Gasteiger partial charge >= 0.3 is 0 Å². The molecule has 1 aliphatic rings. The molecule has 6 heteroatoms. The lowest BCUT2D eigenvalue weighted by molar-refractivity contribution is -0.116. The molecule has 1 fully saturated rings. The molecule has 0 aliphatic carbocycles. The summed E-state index contributed by atoms with van der Waals surface area (Å²) >= 11 is 0. The van der Waals surface area contributed by atoms with Gasteiger partial charge in [0.1, 0.15) is 5.82 Å². The summed E-state index contributed by atoms with van der Waals surface area (Å²) in [6, 6.07) is 21.7. The second-order valence-electron chi connectivity index (χ2n) is 8.05. The molecule has 2 heterocycles. The maximum atomic E-state index is 12.3. The Labute approximate surface area is 188 Å². The van der Waals surface area contributed by atoms with Crippen LogP contribution in [0, 0.1) is 6.92 Å². The van der Waals surface area contributed by atoms with Crippen molar-refractivity contribution >= 4 is 28.9 Å². The van der Waals surface area contributed by atoms with E-state index in [0.29, 0.717) is 11.3 Å². The number of nitrogens with zero attached hydrogens (tertiary/aromatic N) is 3. The number of pyridine rings is 1. The van der Waals surface area contributed by atoms with E-state index in [1.54, 1.807) is 18.3 Å². The van der Waals surface area contributed by atoms with Crippen LogP contribution < -0.4 is 15.1 Å². The second-order valence-corrected chi connectivity index (χ2v) is 8.05. The van der Waals surface area contributed by atoms with E-state index in [4.69, 9.17) is 0 Å². The van der Waals surface area contributed by atoms with Gasteiger partial charge in [0, 0.05) is 50.3 Å². The maximum absolute atomic E-state index is 12.3. The van der Waals surface area contributed by atoms with Gasteiger partial charge in [0.15, 0.2) is 5.78 Å². The number of hydrogen-bond acceptors (Lipinski definition) is 5. The number of anilines is 3. The zero-order chi connectivity index (χ0) is 22.3. The summed E-state index contributed by atoms with van der Waals surface area (Å²) in [7, 11) is 0. The SMILES string of the molecule is Cc1ccc(C(=O)CCC(=O)Nc2ccc(N3CCN(c4ccccc4)CC3)nc2)cc1. The molecule has 0 bridgehead atoms. The number of carbonyl (C=O) groups is 2. The van der Waals surface area contributed by atoms with Crippen molar-refractivity contribution in [1.82, 2.24) is 4.98 Å². The van der Waals surface area contributed by atoms with Gasteiger partial charge in [0.2, 0.25) is 5.91 Å². The number of Topliss-reactive ketones (excluding diaryl/α,β-unsaturated/α-hetero) is 1. The minimum Gasteiger partial charge on any atom is -0.368 e. The summed E-state index contributed by atoms with van der Waals surface area (Å²) in [4.78, 5) is 33.7. The van der Waals surface area contributed by atoms with E-state index < -0.39 is 0 Å². The molecule has 1 amide bonds. The lowest BCUT2D eigenvalue weighted by Crippen LogP contribution is -2.46. The summed E-state index contributed by atoms with van der Waals surface area (Å²) in [6.45, 7) is 5.66. The Bertz CT molecular complexity index is 1040. The number of carbonyl (C=O) groups excluding carboxylic acids is 2. The first-order valence-corrected chi connectivity index (χ1v) is 11.0. The second kappa shape index (κ2) is 10.1. The molecule has 0 unspecified atom stereocenters. The Morgan fingerprint density at radius 2 is 1.53 bits per heavy atom. The van der Waals surface area contributed by atoms with Crippen molar-refractivity contribution in [3.63, 3.8) is 0 Å². The lowest BCUT2D eigenvalue weighted by Gasteiger charge is -2.36. The summed E-state index contributed by atoms with van der Waals surface area (Å²) in [5.41, 5.74) is 3.64. The van der Waals surface area contributed by atoms with Crippen LogP contribution in [0.5, 0.6) is 0 Å². The molecule has 1 N–H and O–H groups in total. The number of para-hydroxylation sites is 1. The number of benzene rings is 2. The molecule has 2 aromatic carbocycles. The van der Waals surface area contributed by atoms with E-state index in [0.717, 1.165) is 37.6 Å². The Kier molecular flexibility index (Phi) is 6.80. The quantitative estimate of drug-likeness (QED) is 0.568. The van der Waals surface area contributed by atoms with Gasteiger partial charge in [-0.05, 0) is 31.2 Å². The number of aryl methyl sites for hydroxylation is 1. The summed E-state index contributed by atoms with van der Waals surface area (Å²) in [5, 5.41) is 2.84. The van der Waals surface area contributed by atoms with Crippen LogP contribution in [0.25, 0.3) is 0 Å². The molecule has 0 radical (unpaired) electrons. The van der Waals surface area contributed by atoms with Gasteiger partial charge in [0.25, 0.3) is 0 Å². The molecule has 1 aromatic heterocycles. The molecule has 4 rings (SSSR count). The van der Waals surface area contributed by atoms with E-state index in [1.165, 1.54) is 5.69 Å². The van der Waals surface area contributed by atoms with Gasteiger partial charge < -0.3 is 15.1 Å². The average Bonchev–Trinajstić information content (AvgIpc) is 2.84. The number of rotatable bonds is 7. The summed E-state index contributed by atoms with van der Waals surface area (Å²) < 4.78 is 0. The molecular formula is C26H28N4O2. The van der Waals surface area contributed by atoms with Crippen LogP contribution in [0.4, 0.5) is 17.2 Å². The molecule has 0 saturated carbocycles. The Balaban J connectivity index is 1.24. The van der Waals surface area contributed by atoms with Crippen molar-refractivity contribution < 1.29 is 9.59 Å². The number of nitrogens with one attached hydrogen (secondary N) is 1. The van der Waals surface area contributed by atoms with Gasteiger partial charge in [-0.25, -0.2) is 4.98 Å². The first kappa shape index (κ1) is 21.6. The molecular weight excluding hydrogens is 400 g/mol. The van der Waals surface area contributed by atoms with Gasteiger partial charge in [-0.2, -0.15) is 0 Å². The highest BCUT2D eigenvalue weighted by Crippen LogP contribution is 2.20. The van der Waals surface area contributed by atoms with Crippen molar-refractivity contribution in [2.45, 2.75) is 19.8 Å². The number of ketones is 1. The fourth-order valence-corrected chi connectivity index (χ4v) is 3.81. The van der Waals surface area contributed by atoms with Crippen LogP contribution in [0.15, 0.2) is 72.9 Å². The predicted molar refractivity (Wildman–Crippen MR) is 128 cm³/mol. The minimum absolute atomic E-state index is 0.0248. The lowest BCUT2D eigenvalue weighted by atomic mass is 10.0. The Morgan fingerprint density at radius 1 is 0.844 bits per heavy atom. The van der Waals surface area contributed by atoms with E-state index >= 15 is 0 Å². The average molecular weight is 429 g/mol. The van der Waals surface area contributed by atoms with E-state index in [2.05, 4.69) is 44.4 Å². The third kappa shape index (κ3) is 5.52. The summed E-state index contributed by atoms with van der Waals surface area (Å²) in [6.07, 6.45) is 2.01. The molecule has 6 nitrogen and oxygen atoms in total. The van der Waals surface area contributed by atoms with Crippen molar-refractivity contribution in [3.8, 4) is 0 Å². The molecule has 1 aliphatic heterocycles. The number of aromatic nitrogens is 1. The predicted octanol–water partition coefficient (Wildman–Crippen LogP) is 4.32. The van der Waals surface area contributed by atoms with Crippen molar-refractivity contribution in [1.29, 1.82) is 0 Å². The Morgan fingerprint density at radius 3 is 2.19 bits per heavy atom. The largest absolute Gasteiger partial charge is 0.368 e. The molecule has 0 atom stereocenters. The topological polar surface area (TPSA) is 65.5 Å². The fraction of sp³-hybridized carbons (Fsp3) is 0.269. The van der Waals surface area contributed by atoms with E-state index in [9.17, 15) is 9.59 Å². The van der Waals surface area contributed by atoms with Crippen LogP contribution in [-0.4, -0.2) is 42.9 Å². The summed E-state index contributed by atoms with van der Waals surface area (Å²) in [5.74, 6) is 0.699. The van der Waals surface area contributed by atoms with Gasteiger partial charge in [0.05, 0.1) is 11.9 Å². The van der Waals surface area contributed by atoms with Crippen molar-refractivity contribution in [2.24, 2.45) is 0 Å². The standard InChI is InChI=1S/C26H28N4O2/c1-20-7-9-21(10-8-20)24(31)12-14-26(32)28-22-11-13-25(27-19-22)30-17-15-29(16-18-30)23-5-3-2-4-6-23/h2-11,13,19H,12,14-18H2,1H3,(H,28,32). The van der Waals surface area contributed by atoms with E-state index in [1.807, 2.05) is 37.3 Å². The molecule has 1 saturated heterocycles. The molecule has 164 valence electrons. The van der Waals surface area contributed by atoms with Crippen LogP contribution in [0.1, 0.15) is 28.8 Å². The van der Waals surface area contributed by atoms with Gasteiger partial charge in [-0.3, -0.25) is 9.59 Å². The van der Waals surface area contributed by atoms with Crippen LogP contribution in [-0.2, 0) is 4.79 Å². The van der Waals surface area contributed by atoms with Crippen molar-refractivity contribution in [2.75, 3.05) is 41.3 Å². The van der Waals surface area contributed by atoms with Gasteiger partial charge in [-0.1, -0.05) is 48.0 Å².